The maximum absolute atomic E-state index is 12.4. The molecule has 1 aromatic heterocycles. The summed E-state index contributed by atoms with van der Waals surface area (Å²) >= 11 is 6.09. The third kappa shape index (κ3) is 4.16. The van der Waals surface area contributed by atoms with Crippen LogP contribution in [0, 0.1) is 6.92 Å². The Hall–Kier alpha value is -1.85. The predicted molar refractivity (Wildman–Crippen MR) is 92.9 cm³/mol. The van der Waals surface area contributed by atoms with E-state index < -0.39 is 0 Å². The van der Waals surface area contributed by atoms with Gasteiger partial charge < -0.3 is 9.64 Å². The summed E-state index contributed by atoms with van der Waals surface area (Å²) in [5, 5.41) is 5.04. The number of hydrogen-bond acceptors (Lipinski definition) is 3. The number of carbonyl (C=O) groups excluding carboxylic acids is 1. The van der Waals surface area contributed by atoms with Gasteiger partial charge in [0.2, 0.25) is 5.91 Å². The molecule has 2 heterocycles. The molecule has 1 fully saturated rings. The average Bonchev–Trinajstić information content (AvgIpc) is 3.03. The Balaban J connectivity index is 1.50. The molecule has 0 saturated carbocycles. The summed E-state index contributed by atoms with van der Waals surface area (Å²) in [5.41, 5.74) is 2.04. The molecule has 2 aromatic rings. The molecule has 0 unspecified atom stereocenters. The minimum absolute atomic E-state index is 0.0237. The molecule has 1 atom stereocenters. The van der Waals surface area contributed by atoms with Crippen molar-refractivity contribution in [1.82, 2.24) is 14.7 Å². The standard InChI is InChI=1S/C18H22ClN3O2/c1-14-9-20-22(10-14)16-6-4-8-21(11-16)18(23)13-24-12-15-5-2-3-7-17(15)19/h2-3,5,7,9-10,16H,4,6,8,11-13H2,1H3/t16-/m1/s1. The van der Waals surface area contributed by atoms with Crippen molar-refractivity contribution in [3.8, 4) is 0 Å². The number of rotatable bonds is 5. The van der Waals surface area contributed by atoms with Crippen LogP contribution >= 0.6 is 11.6 Å². The highest BCUT2D eigenvalue weighted by atomic mass is 35.5. The topological polar surface area (TPSA) is 47.4 Å². The summed E-state index contributed by atoms with van der Waals surface area (Å²) in [6.45, 7) is 3.93. The van der Waals surface area contributed by atoms with Gasteiger partial charge in [-0.1, -0.05) is 29.8 Å². The van der Waals surface area contributed by atoms with E-state index in [9.17, 15) is 4.79 Å². The van der Waals surface area contributed by atoms with Gasteiger partial charge in [-0.3, -0.25) is 9.48 Å². The number of amides is 1. The number of piperidine rings is 1. The molecular weight excluding hydrogens is 326 g/mol. The highest BCUT2D eigenvalue weighted by Gasteiger charge is 2.25. The molecule has 1 amide bonds. The van der Waals surface area contributed by atoms with Crippen LogP contribution in [-0.4, -0.2) is 40.3 Å². The van der Waals surface area contributed by atoms with Crippen LogP contribution in [0.15, 0.2) is 36.7 Å². The number of aryl methyl sites for hydroxylation is 1. The first-order valence-electron chi connectivity index (χ1n) is 8.23. The Bertz CT molecular complexity index is 701. The first-order valence-corrected chi connectivity index (χ1v) is 8.61. The molecule has 128 valence electrons. The molecule has 3 rings (SSSR count). The van der Waals surface area contributed by atoms with Gasteiger partial charge in [-0.2, -0.15) is 5.10 Å². The van der Waals surface area contributed by atoms with E-state index in [-0.39, 0.29) is 18.6 Å². The van der Waals surface area contributed by atoms with Gasteiger partial charge in [0.15, 0.2) is 0 Å². The molecule has 1 aliphatic heterocycles. The quantitative estimate of drug-likeness (QED) is 0.834. The lowest BCUT2D eigenvalue weighted by molar-refractivity contribution is -0.138. The van der Waals surface area contributed by atoms with E-state index in [1.165, 1.54) is 0 Å². The monoisotopic (exact) mass is 347 g/mol. The number of benzene rings is 1. The molecule has 5 nitrogen and oxygen atoms in total. The number of aromatic nitrogens is 2. The lowest BCUT2D eigenvalue weighted by Gasteiger charge is -2.32. The summed E-state index contributed by atoms with van der Waals surface area (Å²) < 4.78 is 7.53. The second kappa shape index (κ2) is 7.81. The highest BCUT2D eigenvalue weighted by molar-refractivity contribution is 6.31. The van der Waals surface area contributed by atoms with Crippen molar-refractivity contribution < 1.29 is 9.53 Å². The van der Waals surface area contributed by atoms with Crippen LogP contribution in [0.25, 0.3) is 0 Å². The minimum Gasteiger partial charge on any atom is -0.367 e. The zero-order chi connectivity index (χ0) is 16.9. The molecule has 0 N–H and O–H groups in total. The van der Waals surface area contributed by atoms with E-state index in [1.54, 1.807) is 0 Å². The maximum atomic E-state index is 12.4. The SMILES string of the molecule is Cc1cnn([C@@H]2CCCN(C(=O)COCc3ccccc3Cl)C2)c1. The number of halogens is 1. The number of nitrogens with zero attached hydrogens (tertiary/aromatic N) is 3. The van der Waals surface area contributed by atoms with Crippen LogP contribution in [0.4, 0.5) is 0 Å². The Morgan fingerprint density at radius 1 is 1.42 bits per heavy atom. The number of carbonyl (C=O) groups is 1. The van der Waals surface area contributed by atoms with Gasteiger partial charge in [-0.05, 0) is 37.0 Å². The molecule has 24 heavy (non-hydrogen) atoms. The van der Waals surface area contributed by atoms with Gasteiger partial charge in [0, 0.05) is 24.3 Å². The second-order valence-electron chi connectivity index (χ2n) is 6.22. The summed E-state index contributed by atoms with van der Waals surface area (Å²) in [6, 6.07) is 7.77. The fraction of sp³-hybridized carbons (Fsp3) is 0.444. The Kier molecular flexibility index (Phi) is 5.53. The lowest BCUT2D eigenvalue weighted by Crippen LogP contribution is -2.42. The maximum Gasteiger partial charge on any atom is 0.248 e. The Morgan fingerprint density at radius 2 is 2.25 bits per heavy atom. The first kappa shape index (κ1) is 17.0. The van der Waals surface area contributed by atoms with Gasteiger partial charge in [-0.25, -0.2) is 0 Å². The molecule has 1 saturated heterocycles. The zero-order valence-electron chi connectivity index (χ0n) is 13.8. The molecule has 0 aliphatic carbocycles. The van der Waals surface area contributed by atoms with Gasteiger partial charge in [0.05, 0.1) is 18.8 Å². The van der Waals surface area contributed by atoms with Crippen molar-refractivity contribution in [2.75, 3.05) is 19.7 Å². The van der Waals surface area contributed by atoms with Crippen LogP contribution in [0.2, 0.25) is 5.02 Å². The van der Waals surface area contributed by atoms with Crippen LogP contribution in [-0.2, 0) is 16.1 Å². The zero-order valence-corrected chi connectivity index (χ0v) is 14.6. The molecular formula is C18H22ClN3O2. The van der Waals surface area contributed by atoms with Crippen molar-refractivity contribution >= 4 is 17.5 Å². The fourth-order valence-corrected chi connectivity index (χ4v) is 3.18. The van der Waals surface area contributed by atoms with Crippen molar-refractivity contribution in [3.05, 3.63) is 52.8 Å². The number of likely N-dealkylation sites (tertiary alicyclic amines) is 1. The summed E-state index contributed by atoms with van der Waals surface area (Å²) in [7, 11) is 0. The third-order valence-electron chi connectivity index (χ3n) is 4.29. The minimum atomic E-state index is 0.0237. The van der Waals surface area contributed by atoms with Crippen molar-refractivity contribution in [1.29, 1.82) is 0 Å². The average molecular weight is 348 g/mol. The Labute approximate surface area is 147 Å². The van der Waals surface area contributed by atoms with E-state index in [2.05, 4.69) is 5.10 Å². The highest BCUT2D eigenvalue weighted by Crippen LogP contribution is 2.21. The summed E-state index contributed by atoms with van der Waals surface area (Å²) in [4.78, 5) is 14.3. The van der Waals surface area contributed by atoms with Crippen LogP contribution in [0.1, 0.15) is 30.0 Å². The van der Waals surface area contributed by atoms with Gasteiger partial charge in [0.25, 0.3) is 0 Å². The number of ether oxygens (including phenoxy) is 1. The van der Waals surface area contributed by atoms with E-state index in [1.807, 2.05) is 53.2 Å². The van der Waals surface area contributed by atoms with E-state index in [4.69, 9.17) is 16.3 Å². The van der Waals surface area contributed by atoms with E-state index in [0.717, 1.165) is 30.5 Å². The van der Waals surface area contributed by atoms with Crippen molar-refractivity contribution in [2.45, 2.75) is 32.4 Å². The van der Waals surface area contributed by atoms with Gasteiger partial charge in [0.1, 0.15) is 6.61 Å². The second-order valence-corrected chi connectivity index (χ2v) is 6.62. The summed E-state index contributed by atoms with van der Waals surface area (Å²) in [6.07, 6.45) is 5.92. The van der Waals surface area contributed by atoms with Crippen molar-refractivity contribution in [3.63, 3.8) is 0 Å². The normalized spacial score (nSPS) is 17.9. The largest absolute Gasteiger partial charge is 0.367 e. The van der Waals surface area contributed by atoms with Crippen molar-refractivity contribution in [2.24, 2.45) is 0 Å². The molecule has 1 aliphatic rings. The predicted octanol–water partition coefficient (Wildman–Crippen LogP) is 3.23. The number of hydrogen-bond donors (Lipinski definition) is 0. The van der Waals surface area contributed by atoms with Crippen LogP contribution < -0.4 is 0 Å². The smallest absolute Gasteiger partial charge is 0.248 e. The molecule has 0 bridgehead atoms. The van der Waals surface area contributed by atoms with E-state index in [0.29, 0.717) is 18.2 Å². The van der Waals surface area contributed by atoms with Crippen LogP contribution in [0.5, 0.6) is 0 Å². The summed E-state index contributed by atoms with van der Waals surface area (Å²) in [5.74, 6) is 0.0237. The molecule has 1 aromatic carbocycles. The van der Waals surface area contributed by atoms with Gasteiger partial charge in [-0.15, -0.1) is 0 Å². The lowest BCUT2D eigenvalue weighted by atomic mass is 10.1. The molecule has 0 spiro atoms. The Morgan fingerprint density at radius 3 is 3.00 bits per heavy atom. The molecule has 0 radical (unpaired) electrons. The van der Waals surface area contributed by atoms with E-state index >= 15 is 0 Å². The molecule has 6 heteroatoms. The fourth-order valence-electron chi connectivity index (χ4n) is 2.98. The van der Waals surface area contributed by atoms with Crippen LogP contribution in [0.3, 0.4) is 0 Å². The first-order chi connectivity index (χ1) is 11.6. The van der Waals surface area contributed by atoms with Gasteiger partial charge >= 0.3 is 0 Å². The third-order valence-corrected chi connectivity index (χ3v) is 4.66.